The van der Waals surface area contributed by atoms with Gasteiger partial charge in [0.2, 0.25) is 5.91 Å². The Morgan fingerprint density at radius 2 is 2.00 bits per heavy atom. The number of nitriles is 1. The second-order valence-corrected chi connectivity index (χ2v) is 5.67. The maximum Gasteiger partial charge on any atom is 0.223 e. The first-order valence-electron chi connectivity index (χ1n) is 7.16. The van der Waals surface area contributed by atoms with Crippen LogP contribution in [0.4, 0.5) is 0 Å². The molecule has 2 aliphatic carbocycles. The molecule has 2 rings (SSSR count). The SMILES string of the molecule is N#CC1CCCC1NC(=O)C1CCCCC1CN. The summed E-state index contributed by atoms with van der Waals surface area (Å²) in [7, 11) is 0. The standard InChI is InChI=1S/C14H23N3O/c15-8-10-4-1-2-6-12(10)14(18)17-13-7-3-5-11(13)9-16/h10-13H,1-8,15H2,(H,17,18). The van der Waals surface area contributed by atoms with Crippen molar-refractivity contribution in [1.29, 1.82) is 5.26 Å². The van der Waals surface area contributed by atoms with E-state index in [-0.39, 0.29) is 23.8 Å². The summed E-state index contributed by atoms with van der Waals surface area (Å²) in [6.07, 6.45) is 7.26. The quantitative estimate of drug-likeness (QED) is 0.796. The molecule has 0 spiro atoms. The van der Waals surface area contributed by atoms with Crippen molar-refractivity contribution in [2.24, 2.45) is 23.5 Å². The fourth-order valence-corrected chi connectivity index (χ4v) is 3.41. The van der Waals surface area contributed by atoms with Crippen molar-refractivity contribution < 1.29 is 4.79 Å². The van der Waals surface area contributed by atoms with Crippen molar-refractivity contribution in [3.63, 3.8) is 0 Å². The zero-order valence-electron chi connectivity index (χ0n) is 10.9. The van der Waals surface area contributed by atoms with E-state index in [0.717, 1.165) is 38.5 Å². The molecule has 0 bridgehead atoms. The molecule has 18 heavy (non-hydrogen) atoms. The average Bonchev–Trinajstić information content (AvgIpc) is 2.85. The maximum absolute atomic E-state index is 12.3. The summed E-state index contributed by atoms with van der Waals surface area (Å²) in [5.74, 6) is 0.551. The fraction of sp³-hybridized carbons (Fsp3) is 0.857. The van der Waals surface area contributed by atoms with Crippen LogP contribution in [0.15, 0.2) is 0 Å². The molecule has 1 amide bonds. The number of nitrogens with one attached hydrogen (secondary N) is 1. The van der Waals surface area contributed by atoms with Crippen LogP contribution in [-0.4, -0.2) is 18.5 Å². The summed E-state index contributed by atoms with van der Waals surface area (Å²) >= 11 is 0. The fourth-order valence-electron chi connectivity index (χ4n) is 3.41. The molecular formula is C14H23N3O. The second kappa shape index (κ2) is 6.19. The first-order chi connectivity index (χ1) is 8.76. The molecule has 0 saturated heterocycles. The lowest BCUT2D eigenvalue weighted by molar-refractivity contribution is -0.128. The summed E-state index contributed by atoms with van der Waals surface area (Å²) in [6, 6.07) is 2.38. The molecular weight excluding hydrogens is 226 g/mol. The van der Waals surface area contributed by atoms with Gasteiger partial charge in [0, 0.05) is 12.0 Å². The van der Waals surface area contributed by atoms with Gasteiger partial charge in [-0.1, -0.05) is 12.8 Å². The van der Waals surface area contributed by atoms with E-state index in [4.69, 9.17) is 11.0 Å². The van der Waals surface area contributed by atoms with Gasteiger partial charge in [0.05, 0.1) is 12.0 Å². The predicted molar refractivity (Wildman–Crippen MR) is 69.4 cm³/mol. The van der Waals surface area contributed by atoms with Crippen molar-refractivity contribution in [2.75, 3.05) is 6.54 Å². The van der Waals surface area contributed by atoms with Gasteiger partial charge in [-0.2, -0.15) is 5.26 Å². The molecule has 2 fully saturated rings. The number of hydrogen-bond donors (Lipinski definition) is 2. The molecule has 4 nitrogen and oxygen atoms in total. The van der Waals surface area contributed by atoms with Gasteiger partial charge in [-0.3, -0.25) is 4.79 Å². The molecule has 2 aliphatic rings. The van der Waals surface area contributed by atoms with Crippen LogP contribution in [0, 0.1) is 29.1 Å². The van der Waals surface area contributed by atoms with E-state index in [2.05, 4.69) is 11.4 Å². The van der Waals surface area contributed by atoms with E-state index in [0.29, 0.717) is 12.5 Å². The number of carbonyl (C=O) groups excluding carboxylic acids is 1. The number of nitrogens with two attached hydrogens (primary N) is 1. The molecule has 0 radical (unpaired) electrons. The van der Waals surface area contributed by atoms with Crippen molar-refractivity contribution in [3.8, 4) is 6.07 Å². The molecule has 4 heteroatoms. The lowest BCUT2D eigenvalue weighted by atomic mass is 9.78. The molecule has 4 atom stereocenters. The largest absolute Gasteiger partial charge is 0.352 e. The monoisotopic (exact) mass is 249 g/mol. The highest BCUT2D eigenvalue weighted by Gasteiger charge is 2.34. The molecule has 0 aromatic heterocycles. The molecule has 0 aliphatic heterocycles. The minimum absolute atomic E-state index is 0.00821. The lowest BCUT2D eigenvalue weighted by Crippen LogP contribution is -2.44. The highest BCUT2D eigenvalue weighted by atomic mass is 16.2. The molecule has 0 aromatic rings. The minimum Gasteiger partial charge on any atom is -0.352 e. The molecule has 0 heterocycles. The van der Waals surface area contributed by atoms with Crippen LogP contribution in [0.5, 0.6) is 0 Å². The van der Waals surface area contributed by atoms with Gasteiger partial charge >= 0.3 is 0 Å². The van der Waals surface area contributed by atoms with E-state index in [1.807, 2.05) is 0 Å². The smallest absolute Gasteiger partial charge is 0.223 e. The zero-order chi connectivity index (χ0) is 13.0. The molecule has 4 unspecified atom stereocenters. The number of amides is 1. The van der Waals surface area contributed by atoms with Gasteiger partial charge in [0.15, 0.2) is 0 Å². The van der Waals surface area contributed by atoms with Crippen molar-refractivity contribution in [2.45, 2.75) is 51.0 Å². The molecule has 100 valence electrons. The Hall–Kier alpha value is -1.08. The Morgan fingerprint density at radius 1 is 1.22 bits per heavy atom. The van der Waals surface area contributed by atoms with Crippen LogP contribution < -0.4 is 11.1 Å². The summed E-state index contributed by atoms with van der Waals surface area (Å²) in [4.78, 5) is 12.3. The van der Waals surface area contributed by atoms with Crippen LogP contribution in [0.2, 0.25) is 0 Å². The minimum atomic E-state index is 0.00821. The van der Waals surface area contributed by atoms with E-state index >= 15 is 0 Å². The second-order valence-electron chi connectivity index (χ2n) is 5.67. The number of nitrogens with zero attached hydrogens (tertiary/aromatic N) is 1. The molecule has 2 saturated carbocycles. The Bertz CT molecular complexity index is 336. The Balaban J connectivity index is 1.92. The van der Waals surface area contributed by atoms with Crippen LogP contribution in [-0.2, 0) is 4.79 Å². The van der Waals surface area contributed by atoms with E-state index < -0.39 is 0 Å². The third-order valence-electron chi connectivity index (χ3n) is 4.56. The van der Waals surface area contributed by atoms with Crippen LogP contribution in [0.3, 0.4) is 0 Å². The van der Waals surface area contributed by atoms with Crippen molar-refractivity contribution >= 4 is 5.91 Å². The highest BCUT2D eigenvalue weighted by Crippen LogP contribution is 2.31. The van der Waals surface area contributed by atoms with Crippen LogP contribution in [0.1, 0.15) is 44.9 Å². The van der Waals surface area contributed by atoms with Crippen molar-refractivity contribution in [3.05, 3.63) is 0 Å². The first kappa shape index (κ1) is 13.4. The van der Waals surface area contributed by atoms with Gasteiger partial charge in [-0.15, -0.1) is 0 Å². The number of carbonyl (C=O) groups is 1. The zero-order valence-corrected chi connectivity index (χ0v) is 10.9. The maximum atomic E-state index is 12.3. The third kappa shape index (κ3) is 2.84. The summed E-state index contributed by atoms with van der Waals surface area (Å²) in [5.41, 5.74) is 5.76. The number of rotatable bonds is 3. The third-order valence-corrected chi connectivity index (χ3v) is 4.56. The topological polar surface area (TPSA) is 78.9 Å². The Morgan fingerprint density at radius 3 is 2.72 bits per heavy atom. The van der Waals surface area contributed by atoms with Crippen molar-refractivity contribution in [1.82, 2.24) is 5.32 Å². The van der Waals surface area contributed by atoms with Gasteiger partial charge in [0.25, 0.3) is 0 Å². The molecule has 0 aromatic carbocycles. The Kier molecular flexibility index (Phi) is 4.60. The first-order valence-corrected chi connectivity index (χ1v) is 7.16. The van der Waals surface area contributed by atoms with Gasteiger partial charge < -0.3 is 11.1 Å². The lowest BCUT2D eigenvalue weighted by Gasteiger charge is -2.31. The van der Waals surface area contributed by atoms with Crippen LogP contribution >= 0.6 is 0 Å². The van der Waals surface area contributed by atoms with Crippen LogP contribution in [0.25, 0.3) is 0 Å². The molecule has 3 N–H and O–H groups in total. The Labute approximate surface area is 109 Å². The van der Waals surface area contributed by atoms with E-state index in [1.54, 1.807) is 0 Å². The van der Waals surface area contributed by atoms with Gasteiger partial charge in [0.1, 0.15) is 0 Å². The average molecular weight is 249 g/mol. The summed E-state index contributed by atoms with van der Waals surface area (Å²) < 4.78 is 0. The predicted octanol–water partition coefficient (Wildman–Crippen LogP) is 1.56. The highest BCUT2D eigenvalue weighted by molar-refractivity contribution is 5.79. The summed E-state index contributed by atoms with van der Waals surface area (Å²) in [6.45, 7) is 0.602. The van der Waals surface area contributed by atoms with Gasteiger partial charge in [-0.25, -0.2) is 0 Å². The number of hydrogen-bond acceptors (Lipinski definition) is 3. The van der Waals surface area contributed by atoms with E-state index in [1.165, 1.54) is 6.42 Å². The normalized spacial score (nSPS) is 36.0. The van der Waals surface area contributed by atoms with Gasteiger partial charge in [-0.05, 0) is 44.6 Å². The summed E-state index contributed by atoms with van der Waals surface area (Å²) in [5, 5.41) is 12.1. The van der Waals surface area contributed by atoms with E-state index in [9.17, 15) is 4.79 Å².